The van der Waals surface area contributed by atoms with Gasteiger partial charge in [-0.1, -0.05) is 20.8 Å². The third-order valence-corrected chi connectivity index (χ3v) is 4.23. The maximum Gasteiger partial charge on any atom is 0.317 e. The van der Waals surface area contributed by atoms with Gasteiger partial charge in [-0.25, -0.2) is 4.79 Å². The van der Waals surface area contributed by atoms with Crippen LogP contribution in [0.3, 0.4) is 0 Å². The van der Waals surface area contributed by atoms with Crippen LogP contribution in [0, 0.1) is 0 Å². The molecule has 2 N–H and O–H groups in total. The van der Waals surface area contributed by atoms with Crippen LogP contribution in [0.5, 0.6) is 0 Å². The predicted octanol–water partition coefficient (Wildman–Crippen LogP) is 1.84. The summed E-state index contributed by atoms with van der Waals surface area (Å²) in [7, 11) is 0. The molecule has 6 nitrogen and oxygen atoms in total. The molecule has 20 heavy (non-hydrogen) atoms. The van der Waals surface area contributed by atoms with Crippen molar-refractivity contribution in [1.82, 2.24) is 10.2 Å². The Morgan fingerprint density at radius 1 is 1.30 bits per heavy atom. The minimum atomic E-state index is -0.901. The summed E-state index contributed by atoms with van der Waals surface area (Å²) in [5.41, 5.74) is -0.169. The average molecular weight is 286 g/mol. The molecule has 1 aliphatic heterocycles. The number of urea groups is 1. The number of rotatable bonds is 6. The van der Waals surface area contributed by atoms with Crippen molar-refractivity contribution in [1.29, 1.82) is 0 Å². The molecule has 0 radical (unpaired) electrons. The minimum Gasteiger partial charge on any atom is -0.481 e. The number of carboxylic acid groups (broad SMARTS) is 1. The Morgan fingerprint density at radius 3 is 2.40 bits per heavy atom. The number of nitrogens with one attached hydrogen (secondary N) is 1. The largest absolute Gasteiger partial charge is 0.481 e. The SMILES string of the molecule is CCC(CC)(CC)NC(=O)N1CCOC(CC(=O)O)C1. The smallest absolute Gasteiger partial charge is 0.317 e. The lowest BCUT2D eigenvalue weighted by molar-refractivity contribution is -0.141. The van der Waals surface area contributed by atoms with Gasteiger partial charge in [-0.3, -0.25) is 4.79 Å². The molecule has 0 aromatic heterocycles. The molecule has 1 atom stereocenters. The first-order valence-corrected chi connectivity index (χ1v) is 7.36. The van der Waals surface area contributed by atoms with Crippen LogP contribution in [0.4, 0.5) is 4.79 Å². The number of morpholine rings is 1. The highest BCUT2D eigenvalue weighted by Crippen LogP contribution is 2.20. The van der Waals surface area contributed by atoms with Gasteiger partial charge in [-0.2, -0.15) is 0 Å². The van der Waals surface area contributed by atoms with Crippen molar-refractivity contribution in [2.24, 2.45) is 0 Å². The van der Waals surface area contributed by atoms with E-state index in [2.05, 4.69) is 26.1 Å². The highest BCUT2D eigenvalue weighted by molar-refractivity contribution is 5.75. The van der Waals surface area contributed by atoms with Gasteiger partial charge in [0.2, 0.25) is 0 Å². The number of amides is 2. The molecule has 1 saturated heterocycles. The van der Waals surface area contributed by atoms with Crippen LogP contribution in [0.2, 0.25) is 0 Å². The molecule has 6 heteroatoms. The summed E-state index contributed by atoms with van der Waals surface area (Å²) in [5.74, 6) is -0.901. The highest BCUT2D eigenvalue weighted by atomic mass is 16.5. The molecule has 1 aliphatic rings. The summed E-state index contributed by atoms with van der Waals surface area (Å²) in [5, 5.41) is 11.9. The first-order chi connectivity index (χ1) is 9.46. The van der Waals surface area contributed by atoms with Crippen molar-refractivity contribution >= 4 is 12.0 Å². The monoisotopic (exact) mass is 286 g/mol. The molecule has 0 saturated carbocycles. The average Bonchev–Trinajstić information content (AvgIpc) is 2.44. The fourth-order valence-corrected chi connectivity index (χ4v) is 2.54. The number of nitrogens with zero attached hydrogens (tertiary/aromatic N) is 1. The molecule has 2 amide bonds. The van der Waals surface area contributed by atoms with Gasteiger partial charge < -0.3 is 20.1 Å². The van der Waals surface area contributed by atoms with Crippen LogP contribution < -0.4 is 5.32 Å². The summed E-state index contributed by atoms with van der Waals surface area (Å²) in [6.45, 7) is 7.45. The molecule has 1 fully saturated rings. The van der Waals surface area contributed by atoms with Crippen LogP contribution in [0.15, 0.2) is 0 Å². The second kappa shape index (κ2) is 7.47. The van der Waals surface area contributed by atoms with Crippen LogP contribution in [-0.4, -0.2) is 53.3 Å². The van der Waals surface area contributed by atoms with Gasteiger partial charge in [0.1, 0.15) is 0 Å². The first-order valence-electron chi connectivity index (χ1n) is 7.36. The van der Waals surface area contributed by atoms with Gasteiger partial charge in [-0.15, -0.1) is 0 Å². The molecule has 0 aromatic rings. The summed E-state index contributed by atoms with van der Waals surface area (Å²) in [4.78, 5) is 24.7. The van der Waals surface area contributed by atoms with Crippen LogP contribution in [-0.2, 0) is 9.53 Å². The Morgan fingerprint density at radius 2 is 1.90 bits per heavy atom. The van der Waals surface area contributed by atoms with Gasteiger partial charge in [0.15, 0.2) is 0 Å². The van der Waals surface area contributed by atoms with Crippen LogP contribution in [0.25, 0.3) is 0 Å². The van der Waals surface area contributed by atoms with E-state index in [1.165, 1.54) is 0 Å². The van der Waals surface area contributed by atoms with E-state index in [1.807, 2.05) is 0 Å². The van der Waals surface area contributed by atoms with E-state index in [4.69, 9.17) is 9.84 Å². The van der Waals surface area contributed by atoms with Crippen molar-refractivity contribution in [2.75, 3.05) is 19.7 Å². The van der Waals surface area contributed by atoms with Gasteiger partial charge in [-0.05, 0) is 19.3 Å². The normalized spacial score (nSPS) is 19.8. The number of carbonyl (C=O) groups is 2. The Bertz CT molecular complexity index is 334. The Labute approximate surface area is 120 Å². The summed E-state index contributed by atoms with van der Waals surface area (Å²) >= 11 is 0. The molecular formula is C14H26N2O4. The first kappa shape index (κ1) is 16.8. The zero-order valence-corrected chi connectivity index (χ0v) is 12.6. The fraction of sp³-hybridized carbons (Fsp3) is 0.857. The van der Waals surface area contributed by atoms with Crippen LogP contribution in [0.1, 0.15) is 46.5 Å². The summed E-state index contributed by atoms with van der Waals surface area (Å²) in [6, 6.07) is -0.116. The zero-order valence-electron chi connectivity index (χ0n) is 12.6. The van der Waals surface area contributed by atoms with Crippen molar-refractivity contribution in [3.63, 3.8) is 0 Å². The number of hydrogen-bond donors (Lipinski definition) is 2. The number of hydrogen-bond acceptors (Lipinski definition) is 3. The van der Waals surface area contributed by atoms with E-state index >= 15 is 0 Å². The van der Waals surface area contributed by atoms with Gasteiger partial charge in [0, 0.05) is 18.6 Å². The number of aliphatic carboxylic acids is 1. The third-order valence-electron chi connectivity index (χ3n) is 4.23. The van der Waals surface area contributed by atoms with Crippen molar-refractivity contribution in [3.05, 3.63) is 0 Å². The second-order valence-electron chi connectivity index (χ2n) is 5.31. The molecule has 1 heterocycles. The van der Waals surface area contributed by atoms with E-state index < -0.39 is 12.1 Å². The predicted molar refractivity (Wildman–Crippen MR) is 75.7 cm³/mol. The summed E-state index contributed by atoms with van der Waals surface area (Å²) < 4.78 is 5.38. The molecule has 1 unspecified atom stereocenters. The standard InChI is InChI=1S/C14H26N2O4/c1-4-14(5-2,6-3)15-13(19)16-7-8-20-11(10-16)9-12(17)18/h11H,4-10H2,1-3H3,(H,15,19)(H,17,18). The maximum absolute atomic E-state index is 12.3. The molecule has 0 aromatic carbocycles. The van der Waals surface area contributed by atoms with Crippen LogP contribution >= 0.6 is 0 Å². The van der Waals surface area contributed by atoms with Gasteiger partial charge in [0.05, 0.1) is 19.1 Å². The molecule has 0 bridgehead atoms. The molecule has 0 spiro atoms. The minimum absolute atomic E-state index is 0.0652. The maximum atomic E-state index is 12.3. The highest BCUT2D eigenvalue weighted by Gasteiger charge is 2.31. The summed E-state index contributed by atoms with van der Waals surface area (Å²) in [6.07, 6.45) is 2.17. The Kier molecular flexibility index (Phi) is 6.26. The number of carboxylic acids is 1. The second-order valence-corrected chi connectivity index (χ2v) is 5.31. The fourth-order valence-electron chi connectivity index (χ4n) is 2.54. The number of carbonyl (C=O) groups excluding carboxylic acids is 1. The van der Waals surface area contributed by atoms with Crippen molar-refractivity contribution in [2.45, 2.75) is 58.1 Å². The van der Waals surface area contributed by atoms with Gasteiger partial charge >= 0.3 is 12.0 Å². The van der Waals surface area contributed by atoms with E-state index in [0.717, 1.165) is 19.3 Å². The molecule has 116 valence electrons. The van der Waals surface area contributed by atoms with E-state index in [0.29, 0.717) is 19.7 Å². The topological polar surface area (TPSA) is 78.9 Å². The van der Waals surface area contributed by atoms with E-state index in [-0.39, 0.29) is 18.0 Å². The molecule has 1 rings (SSSR count). The quantitative estimate of drug-likeness (QED) is 0.781. The molecular weight excluding hydrogens is 260 g/mol. The number of ether oxygens (including phenoxy) is 1. The Balaban J connectivity index is 2.60. The van der Waals surface area contributed by atoms with Gasteiger partial charge in [0.25, 0.3) is 0 Å². The lowest BCUT2D eigenvalue weighted by Gasteiger charge is -2.37. The van der Waals surface area contributed by atoms with E-state index in [1.54, 1.807) is 4.90 Å². The molecule has 0 aliphatic carbocycles. The lowest BCUT2D eigenvalue weighted by atomic mass is 9.90. The van der Waals surface area contributed by atoms with Crippen molar-refractivity contribution < 1.29 is 19.4 Å². The zero-order chi connectivity index (χ0) is 15.2. The third kappa shape index (κ3) is 4.37. The Hall–Kier alpha value is -1.30. The van der Waals surface area contributed by atoms with Crippen molar-refractivity contribution in [3.8, 4) is 0 Å². The lowest BCUT2D eigenvalue weighted by Crippen LogP contribution is -2.56. The van der Waals surface area contributed by atoms with E-state index in [9.17, 15) is 9.59 Å².